The van der Waals surface area contributed by atoms with Gasteiger partial charge in [-0.1, -0.05) is 55.4 Å². The van der Waals surface area contributed by atoms with Crippen molar-refractivity contribution < 1.29 is 21.6 Å². The van der Waals surface area contributed by atoms with E-state index in [1.54, 1.807) is 21.6 Å². The molecule has 0 unspecified atom stereocenters. The van der Waals surface area contributed by atoms with Crippen LogP contribution >= 0.6 is 24.8 Å². The van der Waals surface area contributed by atoms with Crippen LogP contribution in [0.3, 0.4) is 0 Å². The third-order valence-electron chi connectivity index (χ3n) is 4.43. The zero-order chi connectivity index (χ0) is 21.8. The van der Waals surface area contributed by atoms with Gasteiger partial charge in [-0.15, -0.1) is 37.7 Å². The predicted octanol–water partition coefficient (Wildman–Crippen LogP) is 8.09. The molecule has 0 aromatic heterocycles. The average molecular weight is 601 g/mol. The number of hydrogen-bond donors (Lipinski definition) is 0. The summed E-state index contributed by atoms with van der Waals surface area (Å²) >= 11 is 3.14. The van der Waals surface area contributed by atoms with Crippen molar-refractivity contribution in [2.24, 2.45) is 10.8 Å². The first kappa shape index (κ1) is 38.4. The number of allylic oxidation sites excluding steroid dienone is 8. The molecular weight excluding hydrogens is 559 g/mol. The van der Waals surface area contributed by atoms with E-state index in [2.05, 4.69) is 85.8 Å². The van der Waals surface area contributed by atoms with Crippen LogP contribution in [-0.2, 0) is 21.6 Å². The molecule has 1 aromatic rings. The average Bonchev–Trinajstić information content (AvgIpc) is 3.27. The molecule has 176 valence electrons. The Hall–Kier alpha value is 0.186. The van der Waals surface area contributed by atoms with E-state index in [1.165, 1.54) is 34.4 Å². The van der Waals surface area contributed by atoms with Gasteiger partial charge in [0.15, 0.2) is 0 Å². The van der Waals surface area contributed by atoms with E-state index in [1.807, 2.05) is 30.3 Å². The summed E-state index contributed by atoms with van der Waals surface area (Å²) in [5.74, 6) is 0. The first-order chi connectivity index (χ1) is 13.0. The van der Waals surface area contributed by atoms with E-state index in [-0.39, 0.29) is 32.2 Å². The molecule has 0 fully saturated rings. The van der Waals surface area contributed by atoms with Gasteiger partial charge in [0, 0.05) is 0 Å². The van der Waals surface area contributed by atoms with Crippen LogP contribution in [0.5, 0.6) is 0 Å². The molecule has 2 aliphatic rings. The summed E-state index contributed by atoms with van der Waals surface area (Å²) in [4.78, 5) is 0. The molecule has 31 heavy (non-hydrogen) atoms. The third-order valence-corrected chi connectivity index (χ3v) is 4.43. The Kier molecular flexibility index (Phi) is 24.4. The topological polar surface area (TPSA) is 0 Å². The van der Waals surface area contributed by atoms with Gasteiger partial charge in [0.2, 0.25) is 0 Å². The van der Waals surface area contributed by atoms with Crippen LogP contribution in [0.1, 0.15) is 68.2 Å². The Morgan fingerprint density at radius 1 is 0.710 bits per heavy atom. The molecule has 0 atom stereocenters. The van der Waals surface area contributed by atoms with E-state index < -0.39 is 0 Å². The zero-order valence-corrected chi connectivity index (χ0v) is 28.0. The summed E-state index contributed by atoms with van der Waals surface area (Å²) in [6.45, 7) is 17.7. The standard InChI is InChI=1S/2C10H15.C6H5.CH3.2ClH.GeH2.Zr/c2*1-8-5-6-9(7-8)10(2,3)4;1-2-4-6-5-3-1;;;;;/h2*7H,6H2,1-4H3;1-5H;1H3;2*1H;1H2;/q4*-1;;;;. The molecule has 0 N–H and O–H groups in total. The molecule has 0 nitrogen and oxygen atoms in total. The first-order valence-corrected chi connectivity index (χ1v) is 20.3. The van der Waals surface area contributed by atoms with Gasteiger partial charge in [-0.25, -0.2) is 23.3 Å². The Morgan fingerprint density at radius 3 is 1.13 bits per heavy atom. The van der Waals surface area contributed by atoms with Gasteiger partial charge in [0.25, 0.3) is 0 Å². The number of halogens is 2. The minimum absolute atomic E-state index is 0. The Balaban J connectivity index is -0.000000166. The molecule has 4 heteroatoms. The summed E-state index contributed by atoms with van der Waals surface area (Å²) in [7, 11) is 0. The monoisotopic (exact) mass is 600 g/mol. The molecule has 0 radical (unpaired) electrons. The molecule has 0 amide bonds. The predicted molar refractivity (Wildman–Crippen MR) is 144 cm³/mol. The van der Waals surface area contributed by atoms with Crippen molar-refractivity contribution in [3.63, 3.8) is 0 Å². The van der Waals surface area contributed by atoms with Crippen LogP contribution in [0.15, 0.2) is 64.8 Å². The molecule has 0 spiro atoms. The van der Waals surface area contributed by atoms with Gasteiger partial charge >= 0.3 is 33.7 Å². The van der Waals surface area contributed by atoms with E-state index in [9.17, 15) is 0 Å². The summed E-state index contributed by atoms with van der Waals surface area (Å²) in [6.07, 6.45) is 13.2. The molecular formula is C27H42Cl2GeZr-4. The first-order valence-electron chi connectivity index (χ1n) is 9.83. The molecule has 0 saturated heterocycles. The van der Waals surface area contributed by atoms with E-state index in [0.717, 1.165) is 12.8 Å². The fourth-order valence-corrected chi connectivity index (χ4v) is 2.50. The zero-order valence-electron chi connectivity index (χ0n) is 21.0. The van der Waals surface area contributed by atoms with Crippen LogP contribution in [-0.4, -0.2) is 12.1 Å². The van der Waals surface area contributed by atoms with Crippen LogP contribution in [0.4, 0.5) is 0 Å². The Morgan fingerprint density at radius 2 is 1.03 bits per heavy atom. The molecule has 2 aliphatic carbocycles. The molecule has 3 rings (SSSR count). The number of rotatable bonds is 0. The van der Waals surface area contributed by atoms with Crippen molar-refractivity contribution in [3.05, 3.63) is 90.4 Å². The van der Waals surface area contributed by atoms with Crippen molar-refractivity contribution in [1.82, 2.24) is 0 Å². The second kappa shape index (κ2) is 19.6. The third kappa shape index (κ3) is 18.3. The van der Waals surface area contributed by atoms with Crippen LogP contribution in [0, 0.1) is 36.5 Å². The summed E-state index contributed by atoms with van der Waals surface area (Å²) in [5, 5.41) is 0. The Labute approximate surface area is 226 Å². The van der Waals surface area contributed by atoms with Crippen molar-refractivity contribution in [1.29, 1.82) is 0 Å². The second-order valence-corrected chi connectivity index (χ2v) is 8.99. The molecule has 0 heterocycles. The van der Waals surface area contributed by atoms with Crippen LogP contribution in [0.2, 0.25) is 0 Å². The quantitative estimate of drug-likeness (QED) is 0.208. The van der Waals surface area contributed by atoms with Crippen molar-refractivity contribution >= 4 is 37.0 Å². The second-order valence-electron chi connectivity index (χ2n) is 8.99. The molecule has 0 bridgehead atoms. The van der Waals surface area contributed by atoms with Gasteiger partial charge in [-0.3, -0.25) is 12.2 Å². The van der Waals surface area contributed by atoms with Crippen LogP contribution < -0.4 is 0 Å². The van der Waals surface area contributed by atoms with Gasteiger partial charge in [-0.05, 0) is 10.8 Å². The number of hydrogen-bond acceptors (Lipinski definition) is 0. The SMILES string of the molecule is CC1=[C-]CC(C(C)(C)C)=C1.CC1=[C-]CC(C(C)(C)C)=C1.Cl.Cl.[CH3-].[GeH2]=[Zr].[c-]1ccccc1. The van der Waals surface area contributed by atoms with Crippen molar-refractivity contribution in [3.8, 4) is 0 Å². The normalized spacial score (nSPS) is 13.8. The summed E-state index contributed by atoms with van der Waals surface area (Å²) in [5.41, 5.74) is 6.28. The van der Waals surface area contributed by atoms with Gasteiger partial charge in [0.05, 0.1) is 0 Å². The maximum atomic E-state index is 3.30. The van der Waals surface area contributed by atoms with Gasteiger partial charge in [-0.2, -0.15) is 47.5 Å². The maximum absolute atomic E-state index is 3.30. The minimum atomic E-state index is 0. The Bertz CT molecular complexity index is 630. The molecule has 0 aliphatic heterocycles. The smallest absolute Gasteiger partial charge is 0.171 e. The van der Waals surface area contributed by atoms with E-state index in [4.69, 9.17) is 0 Å². The molecule has 0 saturated carbocycles. The van der Waals surface area contributed by atoms with Crippen molar-refractivity contribution in [2.45, 2.75) is 68.2 Å². The number of benzene rings is 1. The van der Waals surface area contributed by atoms with E-state index >= 15 is 0 Å². The van der Waals surface area contributed by atoms with Crippen molar-refractivity contribution in [2.75, 3.05) is 0 Å². The largest absolute Gasteiger partial charge is 0.184 e. The molecule has 1 aromatic carbocycles. The van der Waals surface area contributed by atoms with E-state index in [0.29, 0.717) is 10.8 Å². The minimum Gasteiger partial charge on any atom is -0.184 e. The summed E-state index contributed by atoms with van der Waals surface area (Å²) < 4.78 is 0. The van der Waals surface area contributed by atoms with Gasteiger partial charge < -0.3 is 7.43 Å². The fourth-order valence-electron chi connectivity index (χ4n) is 2.50. The fraction of sp³-hybridized carbons (Fsp3) is 0.444. The maximum Gasteiger partial charge on any atom is -0.171 e. The summed E-state index contributed by atoms with van der Waals surface area (Å²) in [6, 6.07) is 12.5. The van der Waals surface area contributed by atoms with Crippen LogP contribution in [0.25, 0.3) is 0 Å². The van der Waals surface area contributed by atoms with Gasteiger partial charge in [0.1, 0.15) is 0 Å².